The van der Waals surface area contributed by atoms with Crippen molar-refractivity contribution in [3.05, 3.63) is 71.8 Å². The van der Waals surface area contributed by atoms with Crippen LogP contribution in [0.15, 0.2) is 60.7 Å². The summed E-state index contributed by atoms with van der Waals surface area (Å²) in [4.78, 5) is 0. The molecule has 0 aromatic heterocycles. The monoisotopic (exact) mass is 348 g/mol. The van der Waals surface area contributed by atoms with Gasteiger partial charge in [0.05, 0.1) is 0 Å². The topological polar surface area (TPSA) is 0 Å². The molecule has 2 aromatic carbocycles. The second kappa shape index (κ2) is 43.3. The van der Waals surface area contributed by atoms with Crippen molar-refractivity contribution in [3.8, 4) is 0 Å². The summed E-state index contributed by atoms with van der Waals surface area (Å²) in [6, 6.07) is 20.7. The fraction of sp³-hybridized carbons (Fsp3) is 0.520. The maximum Gasteiger partial charge on any atom is -0.0307 e. The maximum atomic E-state index is 2.16. The summed E-state index contributed by atoms with van der Waals surface area (Å²) in [6.45, 7) is 24.2. The van der Waals surface area contributed by atoms with Gasteiger partial charge in [0, 0.05) is 0 Å². The molecular formula is C25H48. The van der Waals surface area contributed by atoms with Gasteiger partial charge in [-0.3, -0.25) is 0 Å². The standard InChI is InChI=1S/C8H10.C7H8.5C2H6/c1-2-8-6-4-3-5-7-8;1-7-5-3-2-4-6-7;5*1-2/h3-7H,2H2,1H3;2-6H,1H3;5*1-2H3. The molecule has 0 spiro atoms. The van der Waals surface area contributed by atoms with Crippen molar-refractivity contribution in [3.63, 3.8) is 0 Å². The third-order valence-corrected chi connectivity index (χ3v) is 2.19. The van der Waals surface area contributed by atoms with Crippen molar-refractivity contribution in [2.24, 2.45) is 0 Å². The van der Waals surface area contributed by atoms with Crippen LogP contribution in [0.5, 0.6) is 0 Å². The highest BCUT2D eigenvalue weighted by atomic mass is 13.9. The molecule has 25 heavy (non-hydrogen) atoms. The van der Waals surface area contributed by atoms with Crippen LogP contribution >= 0.6 is 0 Å². The molecule has 0 fully saturated rings. The summed E-state index contributed by atoms with van der Waals surface area (Å²) in [5.74, 6) is 0. The average molecular weight is 349 g/mol. The molecule has 0 unspecified atom stereocenters. The highest BCUT2D eigenvalue weighted by molar-refractivity contribution is 5.14. The second-order valence-electron chi connectivity index (χ2n) is 3.49. The quantitative estimate of drug-likeness (QED) is 0.481. The molecule has 0 radical (unpaired) electrons. The van der Waals surface area contributed by atoms with Gasteiger partial charge >= 0.3 is 0 Å². The first-order valence-corrected chi connectivity index (χ1v) is 10.4. The van der Waals surface area contributed by atoms with E-state index in [1.54, 1.807) is 0 Å². The highest BCUT2D eigenvalue weighted by Gasteiger charge is 1.80. The smallest absolute Gasteiger partial charge is 0.0307 e. The van der Waals surface area contributed by atoms with E-state index >= 15 is 0 Å². The molecule has 2 rings (SSSR count). The Labute approximate surface area is 161 Å². The van der Waals surface area contributed by atoms with Gasteiger partial charge in [-0.25, -0.2) is 0 Å². The lowest BCUT2D eigenvalue weighted by atomic mass is 10.2. The fourth-order valence-electron chi connectivity index (χ4n) is 1.25. The molecular weight excluding hydrogens is 300 g/mol. The lowest BCUT2D eigenvalue weighted by molar-refractivity contribution is 1.14. The molecule has 0 N–H and O–H groups in total. The van der Waals surface area contributed by atoms with Crippen LogP contribution in [-0.2, 0) is 6.42 Å². The van der Waals surface area contributed by atoms with E-state index in [4.69, 9.17) is 0 Å². The van der Waals surface area contributed by atoms with E-state index in [2.05, 4.69) is 50.2 Å². The zero-order valence-electron chi connectivity index (χ0n) is 19.5. The minimum absolute atomic E-state index is 1.14. The molecule has 0 bridgehead atoms. The molecule has 0 heterocycles. The Morgan fingerprint density at radius 3 is 0.920 bits per heavy atom. The lowest BCUT2D eigenvalue weighted by Crippen LogP contribution is -1.73. The van der Waals surface area contributed by atoms with Gasteiger partial charge in [-0.2, -0.15) is 0 Å². The van der Waals surface area contributed by atoms with Gasteiger partial charge in [0.15, 0.2) is 0 Å². The molecule has 2 aromatic rings. The molecule has 0 amide bonds. The van der Waals surface area contributed by atoms with E-state index in [-0.39, 0.29) is 0 Å². The Balaban J connectivity index is -0.0000000718. The minimum Gasteiger partial charge on any atom is -0.0683 e. The predicted octanol–water partition coefficient (Wildman–Crippen LogP) is 9.38. The number of rotatable bonds is 1. The second-order valence-corrected chi connectivity index (χ2v) is 3.49. The molecule has 0 aliphatic heterocycles. The van der Waals surface area contributed by atoms with Crippen molar-refractivity contribution >= 4 is 0 Å². The number of aryl methyl sites for hydroxylation is 2. The van der Waals surface area contributed by atoms with Gasteiger partial charge < -0.3 is 0 Å². The highest BCUT2D eigenvalue weighted by Crippen LogP contribution is 1.96. The summed E-state index contributed by atoms with van der Waals surface area (Å²) in [6.07, 6.45) is 1.14. The summed E-state index contributed by atoms with van der Waals surface area (Å²) in [7, 11) is 0. The van der Waals surface area contributed by atoms with Crippen molar-refractivity contribution in [2.75, 3.05) is 0 Å². The van der Waals surface area contributed by atoms with Gasteiger partial charge in [-0.1, -0.05) is 142 Å². The SMILES string of the molecule is CC.CC.CC.CC.CC.CCc1ccccc1.Cc1ccccc1. The van der Waals surface area contributed by atoms with E-state index in [1.807, 2.05) is 93.5 Å². The van der Waals surface area contributed by atoms with E-state index in [0.717, 1.165) is 6.42 Å². The minimum atomic E-state index is 1.14. The van der Waals surface area contributed by atoms with Crippen molar-refractivity contribution < 1.29 is 0 Å². The number of hydrogen-bond donors (Lipinski definition) is 0. The Bertz CT molecular complexity index is 348. The molecule has 0 atom stereocenters. The molecule has 0 aliphatic carbocycles. The normalized spacial score (nSPS) is 6.56. The molecule has 0 aliphatic rings. The number of hydrogen-bond acceptors (Lipinski definition) is 0. The lowest BCUT2D eigenvalue weighted by Gasteiger charge is -1.89. The van der Waals surface area contributed by atoms with Crippen LogP contribution in [0.1, 0.15) is 87.3 Å². The van der Waals surface area contributed by atoms with E-state index in [1.165, 1.54) is 11.1 Å². The molecule has 0 nitrogen and oxygen atoms in total. The summed E-state index contributed by atoms with van der Waals surface area (Å²) in [5, 5.41) is 0. The van der Waals surface area contributed by atoms with Crippen molar-refractivity contribution in [2.45, 2.75) is 89.5 Å². The predicted molar refractivity (Wildman–Crippen MR) is 124 cm³/mol. The molecule has 148 valence electrons. The Kier molecular flexibility index (Phi) is 60.1. The van der Waals surface area contributed by atoms with Gasteiger partial charge in [0.2, 0.25) is 0 Å². The summed E-state index contributed by atoms with van der Waals surface area (Å²) < 4.78 is 0. The van der Waals surface area contributed by atoms with Crippen LogP contribution in [0.25, 0.3) is 0 Å². The van der Waals surface area contributed by atoms with Crippen LogP contribution in [-0.4, -0.2) is 0 Å². The Hall–Kier alpha value is -1.56. The first-order chi connectivity index (χ1) is 12.3. The van der Waals surface area contributed by atoms with E-state index < -0.39 is 0 Å². The van der Waals surface area contributed by atoms with Gasteiger partial charge in [-0.15, -0.1) is 0 Å². The van der Waals surface area contributed by atoms with Crippen molar-refractivity contribution in [1.29, 1.82) is 0 Å². The maximum absolute atomic E-state index is 2.16. The summed E-state index contributed by atoms with van der Waals surface area (Å²) >= 11 is 0. The first-order valence-electron chi connectivity index (χ1n) is 10.4. The van der Waals surface area contributed by atoms with Crippen LogP contribution in [0.4, 0.5) is 0 Å². The number of benzene rings is 2. The third kappa shape index (κ3) is 34.7. The first kappa shape index (κ1) is 34.7. The van der Waals surface area contributed by atoms with Crippen LogP contribution < -0.4 is 0 Å². The van der Waals surface area contributed by atoms with Crippen LogP contribution in [0.3, 0.4) is 0 Å². The van der Waals surface area contributed by atoms with Gasteiger partial charge in [0.1, 0.15) is 0 Å². The fourth-order valence-corrected chi connectivity index (χ4v) is 1.25. The molecule has 0 saturated carbocycles. The van der Waals surface area contributed by atoms with Gasteiger partial charge in [0.25, 0.3) is 0 Å². The van der Waals surface area contributed by atoms with Crippen LogP contribution in [0, 0.1) is 6.92 Å². The Morgan fingerprint density at radius 2 is 0.760 bits per heavy atom. The van der Waals surface area contributed by atoms with E-state index in [9.17, 15) is 0 Å². The Morgan fingerprint density at radius 1 is 0.480 bits per heavy atom. The zero-order chi connectivity index (χ0) is 20.9. The largest absolute Gasteiger partial charge is 0.0683 e. The van der Waals surface area contributed by atoms with Crippen LogP contribution in [0.2, 0.25) is 0 Å². The molecule has 0 heteroatoms. The summed E-state index contributed by atoms with van der Waals surface area (Å²) in [5.41, 5.74) is 2.73. The van der Waals surface area contributed by atoms with Gasteiger partial charge in [-0.05, 0) is 18.9 Å². The zero-order valence-corrected chi connectivity index (χ0v) is 19.5. The van der Waals surface area contributed by atoms with Crippen molar-refractivity contribution in [1.82, 2.24) is 0 Å². The van der Waals surface area contributed by atoms with E-state index in [0.29, 0.717) is 0 Å². The average Bonchev–Trinajstić information content (AvgIpc) is 2.77. The third-order valence-electron chi connectivity index (χ3n) is 2.19. The molecule has 0 saturated heterocycles.